The van der Waals surface area contributed by atoms with Crippen LogP contribution in [0, 0.1) is 5.92 Å². The van der Waals surface area contributed by atoms with Crippen LogP contribution in [0.5, 0.6) is 5.75 Å². The Balaban J connectivity index is 0.000000568. The van der Waals surface area contributed by atoms with Crippen molar-refractivity contribution >= 4 is 45.8 Å². The van der Waals surface area contributed by atoms with Crippen LogP contribution in [0.15, 0.2) is 42.6 Å². The van der Waals surface area contributed by atoms with Crippen LogP contribution in [0.3, 0.4) is 0 Å². The molecule has 1 aliphatic rings. The highest BCUT2D eigenvalue weighted by molar-refractivity contribution is 7.80. The Labute approximate surface area is 224 Å². The van der Waals surface area contributed by atoms with Crippen LogP contribution in [0.2, 0.25) is 0 Å². The van der Waals surface area contributed by atoms with Gasteiger partial charge in [0.2, 0.25) is 0 Å². The van der Waals surface area contributed by atoms with Crippen LogP contribution < -0.4 is 15.4 Å². The van der Waals surface area contributed by atoms with Crippen molar-refractivity contribution in [3.05, 3.63) is 48.2 Å². The minimum atomic E-state index is -0.741. The zero-order chi connectivity index (χ0) is 26.8. The fraction of sp³-hybridized carbons (Fsp3) is 0.464. The topological polar surface area (TPSA) is 103 Å². The maximum Gasteiger partial charge on any atom is 0.305 e. The molecule has 0 aliphatic carbocycles. The van der Waals surface area contributed by atoms with Gasteiger partial charge >= 0.3 is 5.97 Å². The van der Waals surface area contributed by atoms with Crippen molar-refractivity contribution < 1.29 is 14.6 Å². The number of ether oxygens (including phenoxy) is 1. The Hall–Kier alpha value is -3.17. The second-order valence-corrected chi connectivity index (χ2v) is 9.90. The van der Waals surface area contributed by atoms with Crippen LogP contribution in [0.4, 0.5) is 11.5 Å². The van der Waals surface area contributed by atoms with Crippen LogP contribution in [-0.2, 0) is 4.79 Å². The largest absolute Gasteiger partial charge is 0.494 e. The summed E-state index contributed by atoms with van der Waals surface area (Å²) >= 11 is 5.50. The van der Waals surface area contributed by atoms with Crippen molar-refractivity contribution in [2.75, 3.05) is 36.9 Å². The SMILES string of the molecule is CC(C)C(=O)O.CCCOc1ccc(NC(=S)Nc2ccc3[nH]cc(C4CCN(CC)CC4)c3n2)cc1. The van der Waals surface area contributed by atoms with Crippen molar-refractivity contribution in [1.29, 1.82) is 0 Å². The number of aromatic amines is 1. The number of fused-ring (bicyclic) bond motifs is 1. The first-order valence-corrected chi connectivity index (χ1v) is 13.5. The number of likely N-dealkylation sites (tertiary alicyclic amines) is 1. The molecule has 1 aliphatic heterocycles. The number of nitrogens with one attached hydrogen (secondary N) is 3. The highest BCUT2D eigenvalue weighted by Crippen LogP contribution is 2.32. The molecule has 0 radical (unpaired) electrons. The number of piperidine rings is 1. The zero-order valence-corrected chi connectivity index (χ0v) is 23.0. The number of nitrogens with zero attached hydrogens (tertiary/aromatic N) is 2. The number of thiocarbonyl (C=S) groups is 1. The summed E-state index contributed by atoms with van der Waals surface area (Å²) in [4.78, 5) is 20.5. The van der Waals surface area contributed by atoms with Crippen LogP contribution in [-0.4, -0.2) is 57.3 Å². The average Bonchev–Trinajstić information content (AvgIpc) is 3.32. The first-order valence-electron chi connectivity index (χ1n) is 13.0. The molecular weight excluding hydrogens is 486 g/mol. The third kappa shape index (κ3) is 8.43. The number of hydrogen-bond donors (Lipinski definition) is 4. The summed E-state index contributed by atoms with van der Waals surface area (Å²) in [6, 6.07) is 11.8. The number of H-pyrrole nitrogens is 1. The number of anilines is 2. The third-order valence-electron chi connectivity index (χ3n) is 6.35. The maximum absolute atomic E-state index is 9.70. The van der Waals surface area contributed by atoms with E-state index in [2.05, 4.69) is 46.6 Å². The Morgan fingerprint density at radius 3 is 2.43 bits per heavy atom. The van der Waals surface area contributed by atoms with Gasteiger partial charge in [-0.15, -0.1) is 0 Å². The smallest absolute Gasteiger partial charge is 0.305 e. The summed E-state index contributed by atoms with van der Waals surface area (Å²) in [6.07, 6.45) is 5.48. The molecule has 8 nitrogen and oxygen atoms in total. The monoisotopic (exact) mass is 525 g/mol. The van der Waals surface area contributed by atoms with Gasteiger partial charge in [0.15, 0.2) is 5.11 Å². The van der Waals surface area contributed by atoms with E-state index in [0.29, 0.717) is 11.0 Å². The second-order valence-electron chi connectivity index (χ2n) is 9.49. The highest BCUT2D eigenvalue weighted by Gasteiger charge is 2.22. The van der Waals surface area contributed by atoms with Crippen molar-refractivity contribution in [3.63, 3.8) is 0 Å². The lowest BCUT2D eigenvalue weighted by Gasteiger charge is -2.30. The van der Waals surface area contributed by atoms with Gasteiger partial charge in [0.05, 0.1) is 23.6 Å². The van der Waals surface area contributed by atoms with Gasteiger partial charge in [-0.25, -0.2) is 4.98 Å². The van der Waals surface area contributed by atoms with Gasteiger partial charge < -0.3 is 30.4 Å². The van der Waals surface area contributed by atoms with Crippen LogP contribution >= 0.6 is 12.2 Å². The van der Waals surface area contributed by atoms with Gasteiger partial charge in [-0.1, -0.05) is 27.7 Å². The molecule has 0 spiro atoms. The molecular formula is C28H39N5O3S. The normalized spacial score (nSPS) is 14.2. The quantitative estimate of drug-likeness (QED) is 0.262. The van der Waals surface area contributed by atoms with E-state index in [9.17, 15) is 4.79 Å². The number of aromatic nitrogens is 2. The Kier molecular flexibility index (Phi) is 10.7. The molecule has 0 atom stereocenters. The lowest BCUT2D eigenvalue weighted by molar-refractivity contribution is -0.140. The molecule has 37 heavy (non-hydrogen) atoms. The van der Waals surface area contributed by atoms with Crippen molar-refractivity contribution in [1.82, 2.24) is 14.9 Å². The summed E-state index contributed by atoms with van der Waals surface area (Å²) in [5.74, 6) is 1.20. The van der Waals surface area contributed by atoms with Gasteiger partial charge in [-0.05, 0) is 99.0 Å². The number of carboxylic acids is 1. The second kappa shape index (κ2) is 13.9. The molecule has 1 aromatic carbocycles. The summed E-state index contributed by atoms with van der Waals surface area (Å²) in [5, 5.41) is 14.9. The van der Waals surface area contributed by atoms with Crippen molar-refractivity contribution in [2.45, 2.75) is 52.9 Å². The van der Waals surface area contributed by atoms with E-state index in [1.54, 1.807) is 13.8 Å². The maximum atomic E-state index is 9.70. The first-order chi connectivity index (χ1) is 17.8. The van der Waals surface area contributed by atoms with Gasteiger partial charge in [-0.3, -0.25) is 4.79 Å². The number of rotatable bonds is 8. The Morgan fingerprint density at radius 1 is 1.16 bits per heavy atom. The first kappa shape index (κ1) is 28.4. The summed E-state index contributed by atoms with van der Waals surface area (Å²) in [6.45, 7) is 11.8. The molecule has 0 unspecified atom stereocenters. The molecule has 4 N–H and O–H groups in total. The Bertz CT molecular complexity index is 1150. The van der Waals surface area contributed by atoms with Crippen molar-refractivity contribution in [3.8, 4) is 5.75 Å². The minimum Gasteiger partial charge on any atom is -0.494 e. The number of benzene rings is 1. The van der Waals surface area contributed by atoms with E-state index in [1.807, 2.05) is 30.3 Å². The molecule has 0 amide bonds. The number of aliphatic carboxylic acids is 1. The standard InChI is InChI=1S/C24H31N5OS.C4H8O2/c1-3-15-30-19-7-5-18(6-8-19)26-24(31)28-22-10-9-21-23(27-22)20(16-25-21)17-11-13-29(4-2)14-12-17;1-3(2)4(5)6/h5-10,16-17,25H,3-4,11-15H2,1-2H3,(H2,26,27,28,31);3H,1-2H3,(H,5,6). The fourth-order valence-corrected chi connectivity index (χ4v) is 4.32. The number of hydrogen-bond acceptors (Lipinski definition) is 5. The molecule has 2 aromatic heterocycles. The number of pyridine rings is 1. The average molecular weight is 526 g/mol. The van der Waals surface area contributed by atoms with Crippen LogP contribution in [0.25, 0.3) is 11.0 Å². The molecule has 3 aromatic rings. The van der Waals surface area contributed by atoms with Crippen LogP contribution in [0.1, 0.15) is 58.4 Å². The molecule has 4 rings (SSSR count). The van der Waals surface area contributed by atoms with E-state index in [-0.39, 0.29) is 5.92 Å². The van der Waals surface area contributed by atoms with Crippen molar-refractivity contribution in [2.24, 2.45) is 5.92 Å². The summed E-state index contributed by atoms with van der Waals surface area (Å²) in [7, 11) is 0. The van der Waals surface area contributed by atoms with Gasteiger partial charge in [0.1, 0.15) is 11.6 Å². The number of carbonyl (C=O) groups is 1. The molecule has 1 saturated heterocycles. The summed E-state index contributed by atoms with van der Waals surface area (Å²) in [5.41, 5.74) is 4.34. The number of carboxylic acid groups (broad SMARTS) is 1. The summed E-state index contributed by atoms with van der Waals surface area (Å²) < 4.78 is 5.63. The Morgan fingerprint density at radius 2 is 1.84 bits per heavy atom. The fourth-order valence-electron chi connectivity index (χ4n) is 4.09. The van der Waals surface area contributed by atoms with E-state index in [0.717, 1.165) is 61.0 Å². The minimum absolute atomic E-state index is 0.231. The van der Waals surface area contributed by atoms with Gasteiger partial charge in [0, 0.05) is 11.9 Å². The van der Waals surface area contributed by atoms with E-state index >= 15 is 0 Å². The lowest BCUT2D eigenvalue weighted by atomic mass is 9.90. The molecule has 0 saturated carbocycles. The molecule has 9 heteroatoms. The lowest BCUT2D eigenvalue weighted by Crippen LogP contribution is -2.32. The predicted molar refractivity (Wildman–Crippen MR) is 155 cm³/mol. The highest BCUT2D eigenvalue weighted by atomic mass is 32.1. The molecule has 1 fully saturated rings. The van der Waals surface area contributed by atoms with Gasteiger partial charge in [0.25, 0.3) is 0 Å². The molecule has 3 heterocycles. The molecule has 200 valence electrons. The van der Waals surface area contributed by atoms with E-state index < -0.39 is 5.97 Å². The predicted octanol–water partition coefficient (Wildman–Crippen LogP) is 6.09. The zero-order valence-electron chi connectivity index (χ0n) is 22.2. The third-order valence-corrected chi connectivity index (χ3v) is 6.55. The van der Waals surface area contributed by atoms with E-state index in [4.69, 9.17) is 27.0 Å². The van der Waals surface area contributed by atoms with E-state index in [1.165, 1.54) is 18.4 Å². The molecule has 0 bridgehead atoms. The van der Waals surface area contributed by atoms with Gasteiger partial charge in [-0.2, -0.15) is 0 Å².